The molecule has 3 nitrogen and oxygen atoms in total. The second-order valence-corrected chi connectivity index (χ2v) is 4.08. The second-order valence-electron chi connectivity index (χ2n) is 4.08. The lowest BCUT2D eigenvalue weighted by Gasteiger charge is -2.09. The lowest BCUT2D eigenvalue weighted by Crippen LogP contribution is -2.41. The van der Waals surface area contributed by atoms with Crippen molar-refractivity contribution in [1.82, 2.24) is 10.6 Å². The Morgan fingerprint density at radius 3 is 2.75 bits per heavy atom. The van der Waals surface area contributed by atoms with Crippen LogP contribution >= 0.6 is 0 Å². The second kappa shape index (κ2) is 3.05. The van der Waals surface area contributed by atoms with Gasteiger partial charge in [0.15, 0.2) is 0 Å². The maximum Gasteiger partial charge on any atom is 0.237 e. The van der Waals surface area contributed by atoms with Crippen molar-refractivity contribution in [2.75, 3.05) is 6.54 Å². The van der Waals surface area contributed by atoms with E-state index in [9.17, 15) is 4.79 Å². The van der Waals surface area contributed by atoms with E-state index in [0.29, 0.717) is 12.0 Å². The molecular weight excluding hydrogens is 152 g/mol. The fourth-order valence-corrected chi connectivity index (χ4v) is 1.64. The van der Waals surface area contributed by atoms with E-state index in [2.05, 4.69) is 17.6 Å². The van der Waals surface area contributed by atoms with Gasteiger partial charge in [0.2, 0.25) is 5.91 Å². The van der Waals surface area contributed by atoms with E-state index in [-0.39, 0.29) is 11.9 Å². The number of nitrogens with one attached hydrogen (secondary N) is 2. The topological polar surface area (TPSA) is 41.1 Å². The summed E-state index contributed by atoms with van der Waals surface area (Å²) in [5.74, 6) is 0.863. The van der Waals surface area contributed by atoms with Crippen LogP contribution in [0.3, 0.4) is 0 Å². The number of rotatable bonds is 2. The Labute approximate surface area is 72.9 Å². The molecule has 1 amide bonds. The molecule has 1 unspecified atom stereocenters. The minimum atomic E-state index is 0.0839. The number of hydrogen-bond donors (Lipinski definition) is 2. The van der Waals surface area contributed by atoms with Crippen LogP contribution in [0.5, 0.6) is 0 Å². The SMILES string of the molecule is CC1CN[C@H](C(=O)NC2CC2)C1. The molecule has 2 N–H and O–H groups in total. The molecule has 1 saturated carbocycles. The molecule has 1 aliphatic carbocycles. The maximum absolute atomic E-state index is 11.5. The van der Waals surface area contributed by atoms with Crippen LogP contribution in [0.15, 0.2) is 0 Å². The van der Waals surface area contributed by atoms with E-state index in [4.69, 9.17) is 0 Å². The third-order valence-corrected chi connectivity index (χ3v) is 2.59. The Morgan fingerprint density at radius 2 is 2.25 bits per heavy atom. The minimum Gasteiger partial charge on any atom is -0.352 e. The summed E-state index contributed by atoms with van der Waals surface area (Å²) in [5, 5.41) is 6.24. The van der Waals surface area contributed by atoms with Crippen molar-refractivity contribution in [1.29, 1.82) is 0 Å². The summed E-state index contributed by atoms with van der Waals surface area (Å²) in [6, 6.07) is 0.579. The predicted molar refractivity (Wildman–Crippen MR) is 46.7 cm³/mol. The van der Waals surface area contributed by atoms with E-state index in [1.807, 2.05) is 0 Å². The fraction of sp³-hybridized carbons (Fsp3) is 0.889. The van der Waals surface area contributed by atoms with Gasteiger partial charge in [-0.15, -0.1) is 0 Å². The molecule has 0 radical (unpaired) electrons. The number of amides is 1. The molecule has 0 aromatic carbocycles. The first-order chi connectivity index (χ1) is 5.75. The van der Waals surface area contributed by atoms with Gasteiger partial charge in [-0.05, 0) is 31.7 Å². The highest BCUT2D eigenvalue weighted by Crippen LogP contribution is 2.20. The zero-order chi connectivity index (χ0) is 8.55. The molecule has 2 atom stereocenters. The van der Waals surface area contributed by atoms with E-state index in [1.165, 1.54) is 12.8 Å². The van der Waals surface area contributed by atoms with Crippen LogP contribution in [-0.2, 0) is 4.79 Å². The minimum absolute atomic E-state index is 0.0839. The molecule has 1 saturated heterocycles. The highest BCUT2D eigenvalue weighted by Gasteiger charge is 2.30. The van der Waals surface area contributed by atoms with E-state index in [0.717, 1.165) is 13.0 Å². The van der Waals surface area contributed by atoms with Gasteiger partial charge in [-0.25, -0.2) is 0 Å². The average Bonchev–Trinajstić information content (AvgIpc) is 2.72. The van der Waals surface area contributed by atoms with Crippen molar-refractivity contribution in [3.63, 3.8) is 0 Å². The van der Waals surface area contributed by atoms with Crippen LogP contribution in [0.25, 0.3) is 0 Å². The lowest BCUT2D eigenvalue weighted by molar-refractivity contribution is -0.122. The van der Waals surface area contributed by atoms with E-state index >= 15 is 0 Å². The van der Waals surface area contributed by atoms with Crippen LogP contribution in [-0.4, -0.2) is 24.5 Å². The molecular formula is C9H16N2O. The van der Waals surface area contributed by atoms with Crippen LogP contribution < -0.4 is 10.6 Å². The van der Waals surface area contributed by atoms with Crippen LogP contribution in [0.4, 0.5) is 0 Å². The zero-order valence-corrected chi connectivity index (χ0v) is 7.47. The third kappa shape index (κ3) is 1.78. The highest BCUT2D eigenvalue weighted by atomic mass is 16.2. The molecule has 1 heterocycles. The fourth-order valence-electron chi connectivity index (χ4n) is 1.64. The molecule has 12 heavy (non-hydrogen) atoms. The van der Waals surface area contributed by atoms with Crippen molar-refractivity contribution >= 4 is 5.91 Å². The molecule has 0 spiro atoms. The van der Waals surface area contributed by atoms with Gasteiger partial charge in [0, 0.05) is 6.04 Å². The van der Waals surface area contributed by atoms with E-state index in [1.54, 1.807) is 0 Å². The molecule has 2 fully saturated rings. The van der Waals surface area contributed by atoms with Gasteiger partial charge in [0.1, 0.15) is 0 Å². The number of carbonyl (C=O) groups excluding carboxylic acids is 1. The quantitative estimate of drug-likeness (QED) is 0.621. The summed E-state index contributed by atoms with van der Waals surface area (Å²) in [5.41, 5.74) is 0. The lowest BCUT2D eigenvalue weighted by atomic mass is 10.1. The summed E-state index contributed by atoms with van der Waals surface area (Å²) in [6.45, 7) is 3.17. The first-order valence-electron chi connectivity index (χ1n) is 4.79. The van der Waals surface area contributed by atoms with Crippen LogP contribution in [0.2, 0.25) is 0 Å². The van der Waals surface area contributed by atoms with Gasteiger partial charge in [0.05, 0.1) is 6.04 Å². The van der Waals surface area contributed by atoms with Crippen LogP contribution in [0.1, 0.15) is 26.2 Å². The average molecular weight is 168 g/mol. The van der Waals surface area contributed by atoms with Gasteiger partial charge in [-0.2, -0.15) is 0 Å². The van der Waals surface area contributed by atoms with Crippen molar-refractivity contribution in [2.45, 2.75) is 38.3 Å². The first kappa shape index (κ1) is 8.05. The zero-order valence-electron chi connectivity index (χ0n) is 7.47. The molecule has 0 bridgehead atoms. The van der Waals surface area contributed by atoms with Gasteiger partial charge in [-0.1, -0.05) is 6.92 Å². The van der Waals surface area contributed by atoms with Crippen molar-refractivity contribution in [2.24, 2.45) is 5.92 Å². The van der Waals surface area contributed by atoms with Crippen molar-refractivity contribution < 1.29 is 4.79 Å². The largest absolute Gasteiger partial charge is 0.352 e. The Morgan fingerprint density at radius 1 is 1.50 bits per heavy atom. The Hall–Kier alpha value is -0.570. The normalized spacial score (nSPS) is 35.1. The smallest absolute Gasteiger partial charge is 0.237 e. The molecule has 2 aliphatic rings. The summed E-state index contributed by atoms with van der Waals surface area (Å²) < 4.78 is 0. The summed E-state index contributed by atoms with van der Waals surface area (Å²) in [7, 11) is 0. The third-order valence-electron chi connectivity index (χ3n) is 2.59. The maximum atomic E-state index is 11.5. The number of carbonyl (C=O) groups is 1. The monoisotopic (exact) mass is 168 g/mol. The molecule has 68 valence electrons. The van der Waals surface area contributed by atoms with Gasteiger partial charge in [0.25, 0.3) is 0 Å². The summed E-state index contributed by atoms with van der Waals surface area (Å²) >= 11 is 0. The first-order valence-corrected chi connectivity index (χ1v) is 4.79. The Kier molecular flexibility index (Phi) is 2.05. The van der Waals surface area contributed by atoms with Crippen molar-refractivity contribution in [3.8, 4) is 0 Å². The highest BCUT2D eigenvalue weighted by molar-refractivity contribution is 5.82. The standard InChI is InChI=1S/C9H16N2O/c1-6-4-8(10-5-6)9(12)11-7-2-3-7/h6-8,10H,2-5H2,1H3,(H,11,12)/t6?,8-/m0/s1. The summed E-state index contributed by atoms with van der Waals surface area (Å²) in [6.07, 6.45) is 3.35. The predicted octanol–water partition coefficient (Wildman–Crippen LogP) is 0.263. The van der Waals surface area contributed by atoms with E-state index < -0.39 is 0 Å². The van der Waals surface area contributed by atoms with Gasteiger partial charge < -0.3 is 10.6 Å². The van der Waals surface area contributed by atoms with Crippen molar-refractivity contribution in [3.05, 3.63) is 0 Å². The Bertz CT molecular complexity index is 189. The van der Waals surface area contributed by atoms with Crippen LogP contribution in [0, 0.1) is 5.92 Å². The molecule has 2 rings (SSSR count). The molecule has 1 aliphatic heterocycles. The molecule has 0 aromatic rings. The molecule has 0 aromatic heterocycles. The molecule has 3 heteroatoms. The Balaban J connectivity index is 1.79. The summed E-state index contributed by atoms with van der Waals surface area (Å²) in [4.78, 5) is 11.5. The number of hydrogen-bond acceptors (Lipinski definition) is 2. The van der Waals surface area contributed by atoms with Gasteiger partial charge in [-0.3, -0.25) is 4.79 Å². The van der Waals surface area contributed by atoms with Gasteiger partial charge >= 0.3 is 0 Å².